The van der Waals surface area contributed by atoms with Gasteiger partial charge in [0.15, 0.2) is 0 Å². The molecule has 0 bridgehead atoms. The Hall–Kier alpha value is -1.42. The third-order valence-corrected chi connectivity index (χ3v) is 3.36. The maximum absolute atomic E-state index is 12.9. The third kappa shape index (κ3) is 4.63. The van der Waals surface area contributed by atoms with Crippen LogP contribution in [-0.2, 0) is 4.79 Å². The monoisotopic (exact) mass is 266 g/mol. The number of carbonyl (C=O) groups excluding carboxylic acids is 1. The molecule has 0 aliphatic rings. The molecule has 2 unspecified atom stereocenters. The first-order valence-electron chi connectivity index (χ1n) is 6.70. The van der Waals surface area contributed by atoms with Gasteiger partial charge in [-0.2, -0.15) is 0 Å². The SMILES string of the molecule is CCNC(C)CC(=O)N(C)C(C)c1ccc(F)cc1. The molecule has 106 valence electrons. The topological polar surface area (TPSA) is 32.3 Å². The van der Waals surface area contributed by atoms with Gasteiger partial charge in [0.05, 0.1) is 6.04 Å². The number of hydrogen-bond acceptors (Lipinski definition) is 2. The van der Waals surface area contributed by atoms with Crippen molar-refractivity contribution in [3.8, 4) is 0 Å². The number of nitrogens with zero attached hydrogens (tertiary/aromatic N) is 1. The molecule has 1 rings (SSSR count). The largest absolute Gasteiger partial charge is 0.339 e. The zero-order chi connectivity index (χ0) is 14.4. The summed E-state index contributed by atoms with van der Waals surface area (Å²) < 4.78 is 12.9. The summed E-state index contributed by atoms with van der Waals surface area (Å²) in [5.41, 5.74) is 0.938. The Balaban J connectivity index is 2.63. The van der Waals surface area contributed by atoms with Crippen LogP contribution in [0.5, 0.6) is 0 Å². The van der Waals surface area contributed by atoms with Crippen molar-refractivity contribution in [2.75, 3.05) is 13.6 Å². The molecule has 0 aliphatic carbocycles. The van der Waals surface area contributed by atoms with Gasteiger partial charge in [0.2, 0.25) is 5.91 Å². The lowest BCUT2D eigenvalue weighted by atomic mass is 10.1. The first-order valence-corrected chi connectivity index (χ1v) is 6.70. The highest BCUT2D eigenvalue weighted by molar-refractivity contribution is 5.77. The molecule has 1 amide bonds. The second-order valence-electron chi connectivity index (χ2n) is 4.90. The van der Waals surface area contributed by atoms with E-state index in [1.54, 1.807) is 24.1 Å². The zero-order valence-electron chi connectivity index (χ0n) is 12.1. The minimum atomic E-state index is -0.259. The van der Waals surface area contributed by atoms with Crippen LogP contribution in [-0.4, -0.2) is 30.4 Å². The molecule has 0 saturated carbocycles. The van der Waals surface area contributed by atoms with E-state index >= 15 is 0 Å². The van der Waals surface area contributed by atoms with Gasteiger partial charge < -0.3 is 10.2 Å². The fraction of sp³-hybridized carbons (Fsp3) is 0.533. The third-order valence-electron chi connectivity index (χ3n) is 3.36. The quantitative estimate of drug-likeness (QED) is 0.858. The van der Waals surface area contributed by atoms with E-state index in [4.69, 9.17) is 0 Å². The van der Waals surface area contributed by atoms with Crippen molar-refractivity contribution in [3.63, 3.8) is 0 Å². The molecular formula is C15H23FN2O. The number of rotatable bonds is 6. The summed E-state index contributed by atoms with van der Waals surface area (Å²) in [5.74, 6) is -0.170. The molecule has 1 aromatic carbocycles. The van der Waals surface area contributed by atoms with Crippen LogP contribution in [0.1, 0.15) is 38.8 Å². The van der Waals surface area contributed by atoms with Crippen molar-refractivity contribution in [1.82, 2.24) is 10.2 Å². The van der Waals surface area contributed by atoms with Crippen molar-refractivity contribution in [2.45, 2.75) is 39.3 Å². The summed E-state index contributed by atoms with van der Waals surface area (Å²) in [6.07, 6.45) is 0.468. The van der Waals surface area contributed by atoms with Gasteiger partial charge in [-0.15, -0.1) is 0 Å². The van der Waals surface area contributed by atoms with Crippen LogP contribution in [0.3, 0.4) is 0 Å². The van der Waals surface area contributed by atoms with Crippen molar-refractivity contribution >= 4 is 5.91 Å². The van der Waals surface area contributed by atoms with Crippen molar-refractivity contribution in [3.05, 3.63) is 35.6 Å². The zero-order valence-corrected chi connectivity index (χ0v) is 12.1. The smallest absolute Gasteiger partial charge is 0.224 e. The molecule has 0 aromatic heterocycles. The van der Waals surface area contributed by atoms with E-state index in [1.165, 1.54) is 12.1 Å². The maximum atomic E-state index is 12.9. The van der Waals surface area contributed by atoms with E-state index in [0.29, 0.717) is 6.42 Å². The number of carbonyl (C=O) groups is 1. The van der Waals surface area contributed by atoms with E-state index < -0.39 is 0 Å². The lowest BCUT2D eigenvalue weighted by Gasteiger charge is -2.26. The highest BCUT2D eigenvalue weighted by Crippen LogP contribution is 2.19. The number of hydrogen-bond donors (Lipinski definition) is 1. The average molecular weight is 266 g/mol. The molecule has 0 radical (unpaired) electrons. The standard InChI is InChI=1S/C15H23FN2O/c1-5-17-11(2)10-15(19)18(4)12(3)13-6-8-14(16)9-7-13/h6-9,11-12,17H,5,10H2,1-4H3. The minimum Gasteiger partial charge on any atom is -0.339 e. The van der Waals surface area contributed by atoms with Crippen LogP contribution in [0.4, 0.5) is 4.39 Å². The maximum Gasteiger partial charge on any atom is 0.224 e. The lowest BCUT2D eigenvalue weighted by molar-refractivity contribution is -0.132. The van der Waals surface area contributed by atoms with Crippen LogP contribution in [0.15, 0.2) is 24.3 Å². The van der Waals surface area contributed by atoms with Crippen LogP contribution in [0, 0.1) is 5.82 Å². The van der Waals surface area contributed by atoms with Crippen LogP contribution in [0.2, 0.25) is 0 Å². The summed E-state index contributed by atoms with van der Waals surface area (Å²) in [7, 11) is 1.79. The Bertz CT molecular complexity index is 405. The summed E-state index contributed by atoms with van der Waals surface area (Å²) in [5, 5.41) is 3.22. The lowest BCUT2D eigenvalue weighted by Crippen LogP contribution is -2.36. The van der Waals surface area contributed by atoms with E-state index in [1.807, 2.05) is 20.8 Å². The van der Waals surface area contributed by atoms with Gasteiger partial charge in [0.25, 0.3) is 0 Å². The Morgan fingerprint density at radius 1 is 1.32 bits per heavy atom. The molecule has 1 aromatic rings. The first-order chi connectivity index (χ1) is 8.95. The van der Waals surface area contributed by atoms with Gasteiger partial charge in [-0.1, -0.05) is 19.1 Å². The molecule has 19 heavy (non-hydrogen) atoms. The molecule has 1 N–H and O–H groups in total. The molecular weight excluding hydrogens is 243 g/mol. The number of halogens is 1. The van der Waals surface area contributed by atoms with Gasteiger partial charge >= 0.3 is 0 Å². The molecule has 0 fully saturated rings. The molecule has 0 heterocycles. The summed E-state index contributed by atoms with van der Waals surface area (Å²) in [6, 6.07) is 6.40. The highest BCUT2D eigenvalue weighted by atomic mass is 19.1. The Morgan fingerprint density at radius 3 is 2.42 bits per heavy atom. The number of benzene rings is 1. The molecule has 4 heteroatoms. The second-order valence-corrected chi connectivity index (χ2v) is 4.90. The van der Waals surface area contributed by atoms with Crippen LogP contribution < -0.4 is 5.32 Å². The Morgan fingerprint density at radius 2 is 1.89 bits per heavy atom. The minimum absolute atomic E-state index is 0.0538. The number of amides is 1. The van der Waals surface area contributed by atoms with Crippen molar-refractivity contribution in [1.29, 1.82) is 0 Å². The van der Waals surface area contributed by atoms with E-state index in [0.717, 1.165) is 12.1 Å². The van der Waals surface area contributed by atoms with Gasteiger partial charge in [0.1, 0.15) is 5.82 Å². The van der Waals surface area contributed by atoms with Crippen molar-refractivity contribution < 1.29 is 9.18 Å². The summed E-state index contributed by atoms with van der Waals surface area (Å²) >= 11 is 0. The van der Waals surface area contributed by atoms with E-state index in [9.17, 15) is 9.18 Å². The molecule has 0 saturated heterocycles. The van der Waals surface area contributed by atoms with Gasteiger partial charge in [0, 0.05) is 19.5 Å². The van der Waals surface area contributed by atoms with Crippen molar-refractivity contribution in [2.24, 2.45) is 0 Å². The predicted octanol–water partition coefficient (Wildman–Crippen LogP) is 2.73. The Kier molecular flexibility index (Phi) is 5.96. The summed E-state index contributed by atoms with van der Waals surface area (Å²) in [6.45, 7) is 6.82. The average Bonchev–Trinajstić information content (AvgIpc) is 2.38. The van der Waals surface area contributed by atoms with Gasteiger partial charge in [-0.3, -0.25) is 4.79 Å². The molecule has 0 spiro atoms. The van der Waals surface area contributed by atoms with Gasteiger partial charge in [-0.25, -0.2) is 4.39 Å². The Labute approximate surface area is 114 Å². The molecule has 2 atom stereocenters. The first kappa shape index (κ1) is 15.6. The predicted molar refractivity (Wildman–Crippen MR) is 75.3 cm³/mol. The summed E-state index contributed by atoms with van der Waals surface area (Å²) in [4.78, 5) is 13.8. The molecule has 3 nitrogen and oxygen atoms in total. The normalized spacial score (nSPS) is 13.9. The number of nitrogens with one attached hydrogen (secondary N) is 1. The molecule has 0 aliphatic heterocycles. The van der Waals surface area contributed by atoms with E-state index in [-0.39, 0.29) is 23.8 Å². The van der Waals surface area contributed by atoms with E-state index in [2.05, 4.69) is 5.32 Å². The van der Waals surface area contributed by atoms with Crippen LogP contribution in [0.25, 0.3) is 0 Å². The fourth-order valence-electron chi connectivity index (χ4n) is 2.01. The van der Waals surface area contributed by atoms with Crippen LogP contribution >= 0.6 is 0 Å². The van der Waals surface area contributed by atoms with Gasteiger partial charge in [-0.05, 0) is 38.1 Å². The highest BCUT2D eigenvalue weighted by Gasteiger charge is 2.19. The second kappa shape index (κ2) is 7.24. The fourth-order valence-corrected chi connectivity index (χ4v) is 2.01.